The van der Waals surface area contributed by atoms with Gasteiger partial charge in [0.15, 0.2) is 0 Å². The molecule has 1 aliphatic rings. The minimum atomic E-state index is 0.191. The van der Waals surface area contributed by atoms with E-state index in [1.165, 1.54) is 0 Å². The second kappa shape index (κ2) is 5.30. The summed E-state index contributed by atoms with van der Waals surface area (Å²) >= 11 is 0. The van der Waals surface area contributed by atoms with E-state index >= 15 is 0 Å². The zero-order valence-electron chi connectivity index (χ0n) is 7.70. The minimum Gasteiger partial charge on any atom is -0.379 e. The van der Waals surface area contributed by atoms with Crippen LogP contribution in [0.4, 0.5) is 0 Å². The van der Waals surface area contributed by atoms with E-state index < -0.39 is 0 Å². The molecule has 2 N–H and O–H groups in total. The van der Waals surface area contributed by atoms with Crippen molar-refractivity contribution in [2.45, 2.75) is 12.5 Å². The lowest BCUT2D eigenvalue weighted by molar-refractivity contribution is 0.0730. The summed E-state index contributed by atoms with van der Waals surface area (Å²) in [5, 5.41) is 0. The highest BCUT2D eigenvalue weighted by Crippen LogP contribution is 2.02. The number of nitrogens with zero attached hydrogens (tertiary/aromatic N) is 1. The molecule has 3 heteroatoms. The van der Waals surface area contributed by atoms with E-state index in [4.69, 9.17) is 10.5 Å². The number of methoxy groups -OCH3 is 1. The van der Waals surface area contributed by atoms with Gasteiger partial charge in [0, 0.05) is 33.3 Å². The lowest BCUT2D eigenvalue weighted by Gasteiger charge is -2.26. The monoisotopic (exact) mass is 170 g/mol. The maximum Gasteiger partial charge on any atom is 0.0820 e. The van der Waals surface area contributed by atoms with Crippen LogP contribution in [0.3, 0.4) is 0 Å². The topological polar surface area (TPSA) is 38.5 Å². The van der Waals surface area contributed by atoms with Crippen molar-refractivity contribution in [3.8, 4) is 0 Å². The van der Waals surface area contributed by atoms with Gasteiger partial charge in [0.05, 0.1) is 6.10 Å². The van der Waals surface area contributed by atoms with Crippen LogP contribution in [0.1, 0.15) is 6.42 Å². The highest BCUT2D eigenvalue weighted by molar-refractivity contribution is 4.91. The van der Waals surface area contributed by atoms with Crippen LogP contribution in [0.25, 0.3) is 0 Å². The van der Waals surface area contributed by atoms with Gasteiger partial charge in [0.1, 0.15) is 0 Å². The maximum atomic E-state index is 5.53. The number of hydrogen-bond donors (Lipinski definition) is 1. The fraction of sp³-hybridized carbons (Fsp3) is 0.778. The maximum absolute atomic E-state index is 5.53. The Morgan fingerprint density at radius 1 is 1.58 bits per heavy atom. The normalized spacial score (nSPS) is 21.2. The van der Waals surface area contributed by atoms with E-state index in [0.29, 0.717) is 6.54 Å². The molecule has 0 saturated carbocycles. The smallest absolute Gasteiger partial charge is 0.0820 e. The molecule has 0 bridgehead atoms. The summed E-state index contributed by atoms with van der Waals surface area (Å²) < 4.78 is 5.21. The summed E-state index contributed by atoms with van der Waals surface area (Å²) in [6.45, 7) is 3.74. The first-order valence-electron chi connectivity index (χ1n) is 4.47. The lowest BCUT2D eigenvalue weighted by Crippen LogP contribution is -2.39. The van der Waals surface area contributed by atoms with Gasteiger partial charge in [-0.3, -0.25) is 4.90 Å². The third kappa shape index (κ3) is 2.93. The van der Waals surface area contributed by atoms with Gasteiger partial charge in [0.25, 0.3) is 0 Å². The molecule has 0 aromatic heterocycles. The Kier molecular flexibility index (Phi) is 4.29. The van der Waals surface area contributed by atoms with Crippen molar-refractivity contribution in [1.29, 1.82) is 0 Å². The van der Waals surface area contributed by atoms with Gasteiger partial charge in [-0.2, -0.15) is 0 Å². The molecule has 0 radical (unpaired) electrons. The summed E-state index contributed by atoms with van der Waals surface area (Å²) in [5.41, 5.74) is 5.53. The van der Waals surface area contributed by atoms with Crippen LogP contribution in [-0.2, 0) is 4.74 Å². The molecular weight excluding hydrogens is 152 g/mol. The van der Waals surface area contributed by atoms with E-state index in [1.54, 1.807) is 7.11 Å². The highest BCUT2D eigenvalue weighted by atomic mass is 16.5. The Bertz CT molecular complexity index is 143. The SMILES string of the molecule is COC(CN)CN1CC=CCC1. The molecular formula is C9H18N2O. The summed E-state index contributed by atoms with van der Waals surface area (Å²) in [6, 6.07) is 0. The molecule has 0 spiro atoms. The van der Waals surface area contributed by atoms with Gasteiger partial charge in [-0.25, -0.2) is 0 Å². The number of nitrogens with two attached hydrogens (primary N) is 1. The van der Waals surface area contributed by atoms with Gasteiger partial charge in [0.2, 0.25) is 0 Å². The van der Waals surface area contributed by atoms with Gasteiger partial charge >= 0.3 is 0 Å². The van der Waals surface area contributed by atoms with Crippen LogP contribution >= 0.6 is 0 Å². The average Bonchev–Trinajstić information content (AvgIpc) is 2.16. The van der Waals surface area contributed by atoms with Crippen LogP contribution in [-0.4, -0.2) is 44.3 Å². The fourth-order valence-corrected chi connectivity index (χ4v) is 1.39. The first-order valence-corrected chi connectivity index (χ1v) is 4.47. The second-order valence-electron chi connectivity index (χ2n) is 3.11. The van der Waals surface area contributed by atoms with Gasteiger partial charge in [-0.05, 0) is 6.42 Å². The Labute approximate surface area is 74.2 Å². The zero-order chi connectivity index (χ0) is 8.81. The van der Waals surface area contributed by atoms with E-state index in [2.05, 4.69) is 17.1 Å². The molecule has 1 unspecified atom stereocenters. The standard InChI is InChI=1S/C9H18N2O/c1-12-9(7-10)8-11-5-3-2-4-6-11/h2-3,9H,4-8,10H2,1H3. The molecule has 3 nitrogen and oxygen atoms in total. The van der Waals surface area contributed by atoms with Crippen molar-refractivity contribution >= 4 is 0 Å². The molecule has 12 heavy (non-hydrogen) atoms. The van der Waals surface area contributed by atoms with E-state index in [1.807, 2.05) is 0 Å². The molecule has 1 aliphatic heterocycles. The molecule has 1 atom stereocenters. The minimum absolute atomic E-state index is 0.191. The first-order chi connectivity index (χ1) is 5.86. The highest BCUT2D eigenvalue weighted by Gasteiger charge is 2.11. The molecule has 0 fully saturated rings. The molecule has 0 saturated heterocycles. The Hall–Kier alpha value is -0.380. The molecule has 1 rings (SSSR count). The van der Waals surface area contributed by atoms with E-state index in [9.17, 15) is 0 Å². The van der Waals surface area contributed by atoms with Crippen LogP contribution in [0.2, 0.25) is 0 Å². The number of ether oxygens (including phenoxy) is 1. The molecule has 70 valence electrons. The third-order valence-electron chi connectivity index (χ3n) is 2.20. The molecule has 1 heterocycles. The van der Waals surface area contributed by atoms with Gasteiger partial charge in [-0.15, -0.1) is 0 Å². The molecule has 0 aliphatic carbocycles. The van der Waals surface area contributed by atoms with Crippen molar-refractivity contribution < 1.29 is 4.74 Å². The average molecular weight is 170 g/mol. The molecule has 0 amide bonds. The largest absolute Gasteiger partial charge is 0.379 e. The summed E-state index contributed by atoms with van der Waals surface area (Å²) in [6.07, 6.45) is 5.77. The van der Waals surface area contributed by atoms with Crippen LogP contribution < -0.4 is 5.73 Å². The Balaban J connectivity index is 2.24. The Morgan fingerprint density at radius 3 is 2.92 bits per heavy atom. The third-order valence-corrected chi connectivity index (χ3v) is 2.20. The quantitative estimate of drug-likeness (QED) is 0.613. The summed E-state index contributed by atoms with van der Waals surface area (Å²) in [7, 11) is 1.72. The first kappa shape index (κ1) is 9.71. The lowest BCUT2D eigenvalue weighted by atomic mass is 10.2. The summed E-state index contributed by atoms with van der Waals surface area (Å²) in [4.78, 5) is 2.36. The second-order valence-corrected chi connectivity index (χ2v) is 3.11. The zero-order valence-corrected chi connectivity index (χ0v) is 7.70. The van der Waals surface area contributed by atoms with Crippen molar-refractivity contribution in [1.82, 2.24) is 4.90 Å². The molecule has 0 aromatic rings. The van der Waals surface area contributed by atoms with Crippen molar-refractivity contribution in [2.24, 2.45) is 5.73 Å². The Morgan fingerprint density at radius 2 is 2.42 bits per heavy atom. The van der Waals surface area contributed by atoms with E-state index in [-0.39, 0.29) is 6.10 Å². The predicted octanol–water partition coefficient (Wildman–Crippen LogP) is 0.222. The van der Waals surface area contributed by atoms with E-state index in [0.717, 1.165) is 26.1 Å². The van der Waals surface area contributed by atoms with Crippen molar-refractivity contribution in [2.75, 3.05) is 33.3 Å². The van der Waals surface area contributed by atoms with Crippen molar-refractivity contribution in [3.63, 3.8) is 0 Å². The summed E-state index contributed by atoms with van der Waals surface area (Å²) in [5.74, 6) is 0. The van der Waals surface area contributed by atoms with Crippen molar-refractivity contribution in [3.05, 3.63) is 12.2 Å². The molecule has 0 aromatic carbocycles. The fourth-order valence-electron chi connectivity index (χ4n) is 1.39. The van der Waals surface area contributed by atoms with Crippen LogP contribution in [0.5, 0.6) is 0 Å². The number of rotatable bonds is 4. The van der Waals surface area contributed by atoms with Gasteiger partial charge in [-0.1, -0.05) is 12.2 Å². The van der Waals surface area contributed by atoms with Gasteiger partial charge < -0.3 is 10.5 Å². The van der Waals surface area contributed by atoms with Crippen LogP contribution in [0.15, 0.2) is 12.2 Å². The number of hydrogen-bond acceptors (Lipinski definition) is 3. The van der Waals surface area contributed by atoms with Crippen LogP contribution in [0, 0.1) is 0 Å². The predicted molar refractivity (Wildman–Crippen MR) is 50.0 cm³/mol.